The Morgan fingerprint density at radius 1 is 1.57 bits per heavy atom. The minimum absolute atomic E-state index is 0.0102. The van der Waals surface area contributed by atoms with Crippen molar-refractivity contribution in [1.82, 2.24) is 5.32 Å². The molecular weight excluding hydrogens is 178 g/mol. The lowest BCUT2D eigenvalue weighted by atomic mass is 10.2. The molecule has 0 saturated carbocycles. The minimum Gasteiger partial charge on any atom is -0.366 e. The van der Waals surface area contributed by atoms with Crippen molar-refractivity contribution >= 4 is 5.91 Å². The van der Waals surface area contributed by atoms with Crippen LogP contribution in [0.15, 0.2) is 0 Å². The summed E-state index contributed by atoms with van der Waals surface area (Å²) in [6, 6.07) is 0.0102. The van der Waals surface area contributed by atoms with Crippen molar-refractivity contribution in [3.05, 3.63) is 0 Å². The summed E-state index contributed by atoms with van der Waals surface area (Å²) in [5.41, 5.74) is -0.285. The van der Waals surface area contributed by atoms with Gasteiger partial charge in [-0.15, -0.1) is 12.3 Å². The average molecular weight is 197 g/mol. The number of carbonyl (C=O) groups excluding carboxylic acids is 1. The topological polar surface area (TPSA) is 38.3 Å². The van der Waals surface area contributed by atoms with Crippen LogP contribution in [0.1, 0.15) is 34.1 Å². The van der Waals surface area contributed by atoms with E-state index in [0.717, 1.165) is 0 Å². The van der Waals surface area contributed by atoms with Gasteiger partial charge in [-0.1, -0.05) is 0 Å². The first-order valence-electron chi connectivity index (χ1n) is 4.72. The fourth-order valence-electron chi connectivity index (χ4n) is 0.826. The Bertz CT molecular complexity index is 222. The smallest absolute Gasteiger partial charge is 0.246 e. The van der Waals surface area contributed by atoms with Crippen LogP contribution in [-0.4, -0.2) is 24.2 Å². The SMILES string of the molecule is C#CCC(C)NC(=O)COC(C)(C)C. The molecule has 0 aliphatic rings. The molecule has 0 aromatic rings. The van der Waals surface area contributed by atoms with Gasteiger partial charge in [-0.05, 0) is 27.7 Å². The third-order valence-electron chi connectivity index (χ3n) is 1.47. The quantitative estimate of drug-likeness (QED) is 0.690. The summed E-state index contributed by atoms with van der Waals surface area (Å²) in [7, 11) is 0. The molecular formula is C11H19NO2. The fraction of sp³-hybridized carbons (Fsp3) is 0.727. The van der Waals surface area contributed by atoms with E-state index in [1.165, 1.54) is 0 Å². The van der Waals surface area contributed by atoms with Gasteiger partial charge in [0.15, 0.2) is 0 Å². The van der Waals surface area contributed by atoms with Crippen molar-refractivity contribution < 1.29 is 9.53 Å². The minimum atomic E-state index is -0.285. The van der Waals surface area contributed by atoms with E-state index in [-0.39, 0.29) is 24.2 Å². The van der Waals surface area contributed by atoms with Crippen LogP contribution < -0.4 is 5.32 Å². The summed E-state index contributed by atoms with van der Waals surface area (Å²) in [6.45, 7) is 7.68. The Labute approximate surface area is 86.2 Å². The van der Waals surface area contributed by atoms with Crippen molar-refractivity contribution in [2.75, 3.05) is 6.61 Å². The Hall–Kier alpha value is -1.01. The van der Waals surface area contributed by atoms with E-state index in [9.17, 15) is 4.79 Å². The van der Waals surface area contributed by atoms with Crippen LogP contribution in [0.5, 0.6) is 0 Å². The summed E-state index contributed by atoms with van der Waals surface area (Å²) in [6.07, 6.45) is 5.66. The van der Waals surface area contributed by atoms with E-state index in [1.807, 2.05) is 27.7 Å². The monoisotopic (exact) mass is 197 g/mol. The second kappa shape index (κ2) is 5.66. The van der Waals surface area contributed by atoms with Crippen LogP contribution in [0.4, 0.5) is 0 Å². The maximum atomic E-state index is 11.3. The first kappa shape index (κ1) is 13.0. The lowest BCUT2D eigenvalue weighted by molar-refractivity contribution is -0.131. The summed E-state index contributed by atoms with van der Waals surface area (Å²) in [4.78, 5) is 11.3. The Morgan fingerprint density at radius 3 is 2.57 bits per heavy atom. The van der Waals surface area contributed by atoms with Crippen LogP contribution in [0, 0.1) is 12.3 Å². The highest BCUT2D eigenvalue weighted by atomic mass is 16.5. The molecule has 14 heavy (non-hydrogen) atoms. The number of nitrogens with one attached hydrogen (secondary N) is 1. The molecule has 0 bridgehead atoms. The predicted octanol–water partition coefficient (Wildman–Crippen LogP) is 1.33. The highest BCUT2D eigenvalue weighted by Crippen LogP contribution is 2.05. The standard InChI is InChI=1S/C11H19NO2/c1-6-7-9(2)12-10(13)8-14-11(3,4)5/h1,9H,7-8H2,2-5H3,(H,12,13). The third-order valence-corrected chi connectivity index (χ3v) is 1.47. The lowest BCUT2D eigenvalue weighted by Crippen LogP contribution is -2.37. The number of ether oxygens (including phenoxy) is 1. The summed E-state index contributed by atoms with van der Waals surface area (Å²) < 4.78 is 5.31. The molecule has 80 valence electrons. The molecule has 0 aliphatic carbocycles. The van der Waals surface area contributed by atoms with Gasteiger partial charge in [0.2, 0.25) is 5.91 Å². The number of amides is 1. The van der Waals surface area contributed by atoms with Gasteiger partial charge in [0.25, 0.3) is 0 Å². The maximum absolute atomic E-state index is 11.3. The van der Waals surface area contributed by atoms with Gasteiger partial charge in [0.05, 0.1) is 5.60 Å². The molecule has 0 aliphatic heterocycles. The first-order valence-corrected chi connectivity index (χ1v) is 4.72. The highest BCUT2D eigenvalue weighted by molar-refractivity contribution is 5.77. The molecule has 0 aromatic heterocycles. The zero-order valence-corrected chi connectivity index (χ0v) is 9.39. The predicted molar refractivity (Wildman–Crippen MR) is 56.8 cm³/mol. The third kappa shape index (κ3) is 7.63. The van der Waals surface area contributed by atoms with Crippen molar-refractivity contribution in [3.8, 4) is 12.3 Å². The van der Waals surface area contributed by atoms with Crippen LogP contribution >= 0.6 is 0 Å². The van der Waals surface area contributed by atoms with E-state index < -0.39 is 0 Å². The average Bonchev–Trinajstić information content (AvgIpc) is 2.00. The van der Waals surface area contributed by atoms with Crippen molar-refractivity contribution in [2.45, 2.75) is 45.8 Å². The van der Waals surface area contributed by atoms with Crippen molar-refractivity contribution in [2.24, 2.45) is 0 Å². The maximum Gasteiger partial charge on any atom is 0.246 e. The molecule has 1 amide bonds. The van der Waals surface area contributed by atoms with Crippen LogP contribution in [0.25, 0.3) is 0 Å². The second-order valence-corrected chi connectivity index (χ2v) is 4.28. The largest absolute Gasteiger partial charge is 0.366 e. The summed E-state index contributed by atoms with van der Waals surface area (Å²) >= 11 is 0. The molecule has 0 fully saturated rings. The zero-order chi connectivity index (χ0) is 11.2. The molecule has 3 heteroatoms. The molecule has 0 aromatic carbocycles. The van der Waals surface area contributed by atoms with Crippen molar-refractivity contribution in [3.63, 3.8) is 0 Å². The second-order valence-electron chi connectivity index (χ2n) is 4.28. The number of carbonyl (C=O) groups is 1. The van der Waals surface area contributed by atoms with E-state index in [0.29, 0.717) is 6.42 Å². The first-order chi connectivity index (χ1) is 6.35. The lowest BCUT2D eigenvalue weighted by Gasteiger charge is -2.19. The summed E-state index contributed by atoms with van der Waals surface area (Å²) in [5, 5.41) is 2.75. The molecule has 1 N–H and O–H groups in total. The van der Waals surface area contributed by atoms with Gasteiger partial charge < -0.3 is 10.1 Å². The number of hydrogen-bond donors (Lipinski definition) is 1. The number of hydrogen-bond acceptors (Lipinski definition) is 2. The van der Waals surface area contributed by atoms with E-state index in [4.69, 9.17) is 11.2 Å². The molecule has 1 unspecified atom stereocenters. The Kier molecular flexibility index (Phi) is 5.26. The van der Waals surface area contributed by atoms with E-state index in [2.05, 4.69) is 11.2 Å². The van der Waals surface area contributed by atoms with Gasteiger partial charge >= 0.3 is 0 Å². The fourth-order valence-corrected chi connectivity index (χ4v) is 0.826. The van der Waals surface area contributed by atoms with Crippen LogP contribution in [0.2, 0.25) is 0 Å². The Morgan fingerprint density at radius 2 is 2.14 bits per heavy atom. The molecule has 0 saturated heterocycles. The van der Waals surface area contributed by atoms with Crippen LogP contribution in [0.3, 0.4) is 0 Å². The highest BCUT2D eigenvalue weighted by Gasteiger charge is 2.13. The number of rotatable bonds is 4. The molecule has 3 nitrogen and oxygen atoms in total. The molecule has 0 radical (unpaired) electrons. The van der Waals surface area contributed by atoms with Gasteiger partial charge in [0, 0.05) is 12.5 Å². The summed E-state index contributed by atoms with van der Waals surface area (Å²) in [5.74, 6) is 2.37. The molecule has 1 atom stereocenters. The van der Waals surface area contributed by atoms with Crippen LogP contribution in [-0.2, 0) is 9.53 Å². The van der Waals surface area contributed by atoms with Gasteiger partial charge in [-0.25, -0.2) is 0 Å². The van der Waals surface area contributed by atoms with Gasteiger partial charge in [-0.2, -0.15) is 0 Å². The van der Waals surface area contributed by atoms with E-state index >= 15 is 0 Å². The zero-order valence-electron chi connectivity index (χ0n) is 9.39. The molecule has 0 spiro atoms. The molecule has 0 heterocycles. The normalized spacial score (nSPS) is 13.1. The molecule has 0 rings (SSSR count). The van der Waals surface area contributed by atoms with E-state index in [1.54, 1.807) is 0 Å². The Balaban J connectivity index is 3.72. The van der Waals surface area contributed by atoms with Crippen molar-refractivity contribution in [1.29, 1.82) is 0 Å². The van der Waals surface area contributed by atoms with Gasteiger partial charge in [-0.3, -0.25) is 4.79 Å². The number of terminal acetylenes is 1. The van der Waals surface area contributed by atoms with Gasteiger partial charge in [0.1, 0.15) is 6.61 Å².